The van der Waals surface area contributed by atoms with Gasteiger partial charge in [-0.1, -0.05) is 27.7 Å². The average Bonchev–Trinajstić information content (AvgIpc) is 1.80. The molecule has 1 saturated heterocycles. The zero-order valence-corrected chi connectivity index (χ0v) is 8.98. The minimum absolute atomic E-state index is 0.516. The Bertz CT molecular complexity index is 122. The zero-order valence-electron chi connectivity index (χ0n) is 8.98. The van der Waals surface area contributed by atoms with Crippen LogP contribution in [-0.4, -0.2) is 12.1 Å². The summed E-state index contributed by atoms with van der Waals surface area (Å²) in [7, 11) is 0. The lowest BCUT2D eigenvalue weighted by atomic mass is 9.75. The number of hydrogen-bond donors (Lipinski definition) is 1. The summed E-state index contributed by atoms with van der Waals surface area (Å²) < 4.78 is 0. The molecule has 0 atom stereocenters. The lowest BCUT2D eigenvalue weighted by Crippen LogP contribution is -2.58. The number of rotatable bonds is 4. The highest BCUT2D eigenvalue weighted by atomic mass is 15.0. The first-order chi connectivity index (χ1) is 5.54. The first-order valence-corrected chi connectivity index (χ1v) is 5.29. The fraction of sp³-hybridized carbons (Fsp3) is 1.00. The molecule has 0 radical (unpaired) electrons. The van der Waals surface area contributed by atoms with Crippen LogP contribution in [-0.2, 0) is 0 Å². The Labute approximate surface area is 76.9 Å². The van der Waals surface area contributed by atoms with Crippen LogP contribution in [0, 0.1) is 11.8 Å². The Hall–Kier alpha value is -0.0400. The van der Waals surface area contributed by atoms with Crippen molar-refractivity contribution in [1.29, 1.82) is 0 Å². The molecule has 1 heterocycles. The van der Waals surface area contributed by atoms with E-state index < -0.39 is 0 Å². The van der Waals surface area contributed by atoms with E-state index in [1.165, 1.54) is 25.8 Å². The number of hydrogen-bond acceptors (Lipinski definition) is 1. The van der Waals surface area contributed by atoms with Crippen LogP contribution in [0.3, 0.4) is 0 Å². The van der Waals surface area contributed by atoms with Gasteiger partial charge in [0.15, 0.2) is 0 Å². The van der Waals surface area contributed by atoms with Crippen molar-refractivity contribution >= 4 is 0 Å². The van der Waals surface area contributed by atoms with E-state index >= 15 is 0 Å². The summed E-state index contributed by atoms with van der Waals surface area (Å²) in [4.78, 5) is 0. The van der Waals surface area contributed by atoms with Gasteiger partial charge in [0.2, 0.25) is 0 Å². The molecule has 1 N–H and O–H groups in total. The molecule has 1 heteroatoms. The van der Waals surface area contributed by atoms with E-state index in [0.29, 0.717) is 5.54 Å². The summed E-state index contributed by atoms with van der Waals surface area (Å²) in [6.07, 6.45) is 4.10. The molecule has 0 amide bonds. The van der Waals surface area contributed by atoms with Crippen molar-refractivity contribution in [2.45, 2.75) is 52.5 Å². The van der Waals surface area contributed by atoms with Gasteiger partial charge < -0.3 is 5.32 Å². The highest BCUT2D eigenvalue weighted by Crippen LogP contribution is 2.32. The Morgan fingerprint density at radius 1 is 1.08 bits per heavy atom. The Kier molecular flexibility index (Phi) is 3.16. The van der Waals surface area contributed by atoms with Crippen LogP contribution in [0.4, 0.5) is 0 Å². The molecule has 0 aromatic rings. The van der Waals surface area contributed by atoms with Gasteiger partial charge in [-0.05, 0) is 37.6 Å². The van der Waals surface area contributed by atoms with Crippen molar-refractivity contribution in [2.75, 3.05) is 6.54 Å². The topological polar surface area (TPSA) is 12.0 Å². The summed E-state index contributed by atoms with van der Waals surface area (Å²) >= 11 is 0. The lowest BCUT2D eigenvalue weighted by molar-refractivity contribution is 0.138. The standard InChI is InChI=1S/C11H23N/c1-9(2)7-11(5-6-12-11)8-10(3)4/h9-10,12H,5-8H2,1-4H3. The van der Waals surface area contributed by atoms with Gasteiger partial charge in [-0.3, -0.25) is 0 Å². The van der Waals surface area contributed by atoms with E-state index in [-0.39, 0.29) is 0 Å². The summed E-state index contributed by atoms with van der Waals surface area (Å²) in [5.74, 6) is 1.66. The summed E-state index contributed by atoms with van der Waals surface area (Å²) in [5, 5.41) is 3.62. The molecule has 0 aliphatic carbocycles. The number of nitrogens with one attached hydrogen (secondary N) is 1. The van der Waals surface area contributed by atoms with E-state index in [0.717, 1.165) is 11.8 Å². The van der Waals surface area contributed by atoms with Gasteiger partial charge in [0.25, 0.3) is 0 Å². The van der Waals surface area contributed by atoms with Crippen molar-refractivity contribution in [2.24, 2.45) is 11.8 Å². The molecule has 0 saturated carbocycles. The maximum atomic E-state index is 3.62. The molecule has 1 fully saturated rings. The molecule has 1 aliphatic heterocycles. The van der Waals surface area contributed by atoms with E-state index in [2.05, 4.69) is 33.0 Å². The smallest absolute Gasteiger partial charge is 0.0198 e. The predicted octanol–water partition coefficient (Wildman–Crippen LogP) is 2.81. The first-order valence-electron chi connectivity index (χ1n) is 5.29. The highest BCUT2D eigenvalue weighted by Gasteiger charge is 2.36. The van der Waals surface area contributed by atoms with E-state index in [4.69, 9.17) is 0 Å². The highest BCUT2D eigenvalue weighted by molar-refractivity contribution is 4.97. The fourth-order valence-corrected chi connectivity index (χ4v) is 2.47. The monoisotopic (exact) mass is 169 g/mol. The molecule has 1 rings (SSSR count). The molecule has 0 unspecified atom stereocenters. The summed E-state index contributed by atoms with van der Waals surface area (Å²) in [5.41, 5.74) is 0.516. The Balaban J connectivity index is 2.39. The van der Waals surface area contributed by atoms with Crippen LogP contribution < -0.4 is 5.32 Å². The maximum absolute atomic E-state index is 3.62. The molecule has 0 aromatic carbocycles. The zero-order chi connectivity index (χ0) is 9.19. The molecule has 0 spiro atoms. The third kappa shape index (κ3) is 2.48. The molecule has 0 aromatic heterocycles. The van der Waals surface area contributed by atoms with Crippen molar-refractivity contribution < 1.29 is 0 Å². The Morgan fingerprint density at radius 2 is 1.50 bits per heavy atom. The molecule has 1 aliphatic rings. The quantitative estimate of drug-likeness (QED) is 0.682. The molecule has 1 nitrogen and oxygen atoms in total. The second-order valence-electron chi connectivity index (χ2n) is 5.15. The van der Waals surface area contributed by atoms with E-state index in [1.54, 1.807) is 0 Å². The minimum atomic E-state index is 0.516. The second-order valence-corrected chi connectivity index (χ2v) is 5.15. The van der Waals surface area contributed by atoms with Crippen LogP contribution in [0.5, 0.6) is 0 Å². The second kappa shape index (κ2) is 3.78. The largest absolute Gasteiger partial charge is 0.311 e. The van der Waals surface area contributed by atoms with E-state index in [9.17, 15) is 0 Å². The summed E-state index contributed by atoms with van der Waals surface area (Å²) in [6.45, 7) is 10.5. The van der Waals surface area contributed by atoms with Crippen LogP contribution in [0.15, 0.2) is 0 Å². The van der Waals surface area contributed by atoms with Gasteiger partial charge in [0, 0.05) is 5.54 Å². The van der Waals surface area contributed by atoms with Gasteiger partial charge in [-0.25, -0.2) is 0 Å². The van der Waals surface area contributed by atoms with Crippen LogP contribution >= 0.6 is 0 Å². The van der Waals surface area contributed by atoms with Gasteiger partial charge in [-0.15, -0.1) is 0 Å². The van der Waals surface area contributed by atoms with Crippen molar-refractivity contribution in [3.8, 4) is 0 Å². The molecule has 72 valence electrons. The van der Waals surface area contributed by atoms with Crippen LogP contribution in [0.2, 0.25) is 0 Å². The van der Waals surface area contributed by atoms with Gasteiger partial charge in [-0.2, -0.15) is 0 Å². The van der Waals surface area contributed by atoms with Crippen LogP contribution in [0.25, 0.3) is 0 Å². The normalized spacial score (nSPS) is 21.5. The van der Waals surface area contributed by atoms with E-state index in [1.807, 2.05) is 0 Å². The third-order valence-corrected chi connectivity index (χ3v) is 2.70. The SMILES string of the molecule is CC(C)CC1(CC(C)C)CCN1. The molecular weight excluding hydrogens is 146 g/mol. The molecule has 12 heavy (non-hydrogen) atoms. The van der Waals surface area contributed by atoms with Crippen molar-refractivity contribution in [3.63, 3.8) is 0 Å². The lowest BCUT2D eigenvalue weighted by Gasteiger charge is -2.46. The third-order valence-electron chi connectivity index (χ3n) is 2.70. The Morgan fingerprint density at radius 3 is 1.67 bits per heavy atom. The van der Waals surface area contributed by atoms with Crippen LogP contribution in [0.1, 0.15) is 47.0 Å². The summed E-state index contributed by atoms with van der Waals surface area (Å²) in [6, 6.07) is 0. The average molecular weight is 169 g/mol. The maximum Gasteiger partial charge on any atom is 0.0198 e. The van der Waals surface area contributed by atoms with Crippen molar-refractivity contribution in [1.82, 2.24) is 5.32 Å². The van der Waals surface area contributed by atoms with Gasteiger partial charge in [0.05, 0.1) is 0 Å². The first kappa shape index (κ1) is 10.0. The fourth-order valence-electron chi connectivity index (χ4n) is 2.47. The molecular formula is C11H23N. The minimum Gasteiger partial charge on any atom is -0.311 e. The van der Waals surface area contributed by atoms with Gasteiger partial charge in [0.1, 0.15) is 0 Å². The molecule has 0 bridgehead atoms. The predicted molar refractivity (Wildman–Crippen MR) is 54.3 cm³/mol. The van der Waals surface area contributed by atoms with Crippen molar-refractivity contribution in [3.05, 3.63) is 0 Å². The van der Waals surface area contributed by atoms with Gasteiger partial charge >= 0.3 is 0 Å².